The molecule has 34 heavy (non-hydrogen) atoms. The molecule has 0 aliphatic carbocycles. The SMILES string of the molecule is CON=C(C(=O)NC1C(=O)N2C(C(=O)O)=C(CSc3nncs3)CS[C@H]12)c1nc(N)sc1Cl.Cl. The van der Waals surface area contributed by atoms with Gasteiger partial charge < -0.3 is 21.0 Å². The predicted molar refractivity (Wildman–Crippen MR) is 133 cm³/mol. The van der Waals surface area contributed by atoms with Gasteiger partial charge in [0.1, 0.15) is 39.8 Å². The van der Waals surface area contributed by atoms with E-state index in [0.717, 1.165) is 11.3 Å². The van der Waals surface area contributed by atoms with Gasteiger partial charge in [-0.25, -0.2) is 9.78 Å². The van der Waals surface area contributed by atoms with Gasteiger partial charge in [0.2, 0.25) is 0 Å². The van der Waals surface area contributed by atoms with Crippen molar-refractivity contribution >= 4 is 98.8 Å². The van der Waals surface area contributed by atoms with Crippen molar-refractivity contribution in [2.24, 2.45) is 5.16 Å². The second kappa shape index (κ2) is 11.1. The van der Waals surface area contributed by atoms with Gasteiger partial charge in [0.15, 0.2) is 15.2 Å². The zero-order chi connectivity index (χ0) is 23.7. The molecule has 182 valence electrons. The number of thiazole rings is 1. The fourth-order valence-corrected chi connectivity index (χ4v) is 7.03. The first-order valence-electron chi connectivity index (χ1n) is 8.95. The van der Waals surface area contributed by atoms with E-state index in [4.69, 9.17) is 22.2 Å². The molecule has 2 atom stereocenters. The van der Waals surface area contributed by atoms with Crippen molar-refractivity contribution < 1.29 is 24.3 Å². The van der Waals surface area contributed by atoms with Gasteiger partial charge in [0.05, 0.1) is 0 Å². The molecule has 18 heteroatoms. The minimum absolute atomic E-state index is 0. The maximum atomic E-state index is 12.9. The number of nitrogens with two attached hydrogens (primary N) is 1. The number of halogens is 2. The highest BCUT2D eigenvalue weighted by Gasteiger charge is 2.54. The molecule has 4 N–H and O–H groups in total. The lowest BCUT2D eigenvalue weighted by atomic mass is 10.0. The number of hydrogen-bond donors (Lipinski definition) is 3. The molecule has 2 aliphatic heterocycles. The first kappa shape index (κ1) is 26.5. The van der Waals surface area contributed by atoms with E-state index >= 15 is 0 Å². The van der Waals surface area contributed by atoms with E-state index in [1.165, 1.54) is 46.9 Å². The van der Waals surface area contributed by atoms with Crippen LogP contribution in [-0.4, -0.2) is 78.7 Å². The number of carboxylic acid groups (broad SMARTS) is 1. The topological polar surface area (TPSA) is 173 Å². The summed E-state index contributed by atoms with van der Waals surface area (Å²) in [5.41, 5.74) is 7.52. The molecular weight excluding hydrogens is 569 g/mol. The maximum absolute atomic E-state index is 12.9. The van der Waals surface area contributed by atoms with Crippen molar-refractivity contribution in [2.75, 3.05) is 24.3 Å². The van der Waals surface area contributed by atoms with Gasteiger partial charge in [-0.1, -0.05) is 51.2 Å². The standard InChI is InChI=1S/C16H14ClN7O5S4.ClH/c1-29-23-7(6-10(17)33-15(18)21-6)11(25)20-8-12(26)24-9(14(27)28)5(2-30-13(8)24)3-31-16-22-19-4-32-16;/h4,8,13H,2-3H2,1H3,(H2,18,21)(H,20,25)(H,27,28);1H/t8?,13-;/m1./s1. The molecule has 1 fully saturated rings. The summed E-state index contributed by atoms with van der Waals surface area (Å²) in [6.07, 6.45) is 0. The number of thioether (sulfide) groups is 2. The number of nitrogens with one attached hydrogen (secondary N) is 1. The third kappa shape index (κ3) is 5.11. The molecule has 0 aromatic carbocycles. The van der Waals surface area contributed by atoms with E-state index < -0.39 is 29.2 Å². The van der Waals surface area contributed by atoms with E-state index in [0.29, 0.717) is 21.4 Å². The summed E-state index contributed by atoms with van der Waals surface area (Å²) in [5.74, 6) is -1.77. The number of rotatable bonds is 8. The van der Waals surface area contributed by atoms with Crippen LogP contribution in [0.1, 0.15) is 5.69 Å². The number of fused-ring (bicyclic) bond motifs is 1. The van der Waals surface area contributed by atoms with E-state index in [2.05, 4.69) is 25.7 Å². The van der Waals surface area contributed by atoms with Crippen molar-refractivity contribution in [3.8, 4) is 0 Å². The second-order valence-corrected chi connectivity index (χ2v) is 11.2. The summed E-state index contributed by atoms with van der Waals surface area (Å²) in [6, 6.07) is -0.953. The number of aliphatic carboxylic acids is 1. The van der Waals surface area contributed by atoms with Gasteiger partial charge in [-0.05, 0) is 5.57 Å². The molecule has 2 amide bonds. The highest BCUT2D eigenvalue weighted by molar-refractivity contribution is 8.01. The Kier molecular flexibility index (Phi) is 8.64. The van der Waals surface area contributed by atoms with E-state index in [1.54, 1.807) is 5.51 Å². The molecule has 0 spiro atoms. The maximum Gasteiger partial charge on any atom is 0.352 e. The van der Waals surface area contributed by atoms with Gasteiger partial charge >= 0.3 is 5.97 Å². The Morgan fingerprint density at radius 3 is 2.85 bits per heavy atom. The van der Waals surface area contributed by atoms with Crippen LogP contribution in [0, 0.1) is 0 Å². The zero-order valence-corrected chi connectivity index (χ0v) is 21.8. The number of carbonyl (C=O) groups is 3. The number of hydrogen-bond acceptors (Lipinski definition) is 13. The van der Waals surface area contributed by atoms with Crippen molar-refractivity contribution in [1.29, 1.82) is 0 Å². The van der Waals surface area contributed by atoms with Gasteiger partial charge in [0.25, 0.3) is 11.8 Å². The first-order valence-corrected chi connectivity index (χ1v) is 13.1. The summed E-state index contributed by atoms with van der Waals surface area (Å²) < 4.78 is 0.839. The molecule has 2 aromatic rings. The smallest absolute Gasteiger partial charge is 0.352 e. The van der Waals surface area contributed by atoms with Crippen molar-refractivity contribution in [3.63, 3.8) is 0 Å². The molecule has 4 rings (SSSR count). The Bertz CT molecular complexity index is 1170. The summed E-state index contributed by atoms with van der Waals surface area (Å²) in [7, 11) is 1.25. The molecule has 12 nitrogen and oxygen atoms in total. The molecule has 1 saturated heterocycles. The number of amides is 2. The summed E-state index contributed by atoms with van der Waals surface area (Å²) in [4.78, 5) is 47.6. The van der Waals surface area contributed by atoms with Crippen LogP contribution in [-0.2, 0) is 19.2 Å². The average molecular weight is 585 g/mol. The fourth-order valence-electron chi connectivity index (χ4n) is 3.13. The Morgan fingerprint density at radius 2 is 2.26 bits per heavy atom. The second-order valence-electron chi connectivity index (χ2n) is 6.41. The normalized spacial score (nSPS) is 19.8. The van der Waals surface area contributed by atoms with Crippen LogP contribution in [0.2, 0.25) is 4.34 Å². The third-order valence-corrected chi connectivity index (χ3v) is 8.84. The molecule has 2 aliphatic rings. The molecule has 4 heterocycles. The minimum atomic E-state index is -1.21. The first-order chi connectivity index (χ1) is 15.8. The Morgan fingerprint density at radius 1 is 1.50 bits per heavy atom. The quantitative estimate of drug-likeness (QED) is 0.178. The largest absolute Gasteiger partial charge is 0.477 e. The number of oxime groups is 1. The molecule has 0 saturated carbocycles. The number of carboxylic acids is 1. The van der Waals surface area contributed by atoms with Gasteiger partial charge in [-0.3, -0.25) is 14.5 Å². The molecule has 1 unspecified atom stereocenters. The highest BCUT2D eigenvalue weighted by Crippen LogP contribution is 2.41. The number of β-lactam (4-membered cyclic amide) rings is 1. The number of nitrogens with zero attached hydrogens (tertiary/aromatic N) is 5. The lowest BCUT2D eigenvalue weighted by molar-refractivity contribution is -0.150. The van der Waals surface area contributed by atoms with Gasteiger partial charge in [-0.15, -0.1) is 34.4 Å². The van der Waals surface area contributed by atoms with Crippen LogP contribution in [0.15, 0.2) is 26.3 Å². The monoisotopic (exact) mass is 583 g/mol. The van der Waals surface area contributed by atoms with Crippen LogP contribution < -0.4 is 11.1 Å². The lowest BCUT2D eigenvalue weighted by Gasteiger charge is -2.49. The van der Waals surface area contributed by atoms with Crippen LogP contribution >= 0.6 is 70.2 Å². The van der Waals surface area contributed by atoms with Crippen LogP contribution in [0.4, 0.5) is 5.13 Å². The number of anilines is 1. The number of carbonyl (C=O) groups excluding carboxylic acids is 2. The average Bonchev–Trinajstić information content (AvgIpc) is 3.42. The zero-order valence-electron chi connectivity index (χ0n) is 17.0. The predicted octanol–water partition coefficient (Wildman–Crippen LogP) is 1.53. The fraction of sp³-hybridized carbons (Fsp3) is 0.312. The van der Waals surface area contributed by atoms with Gasteiger partial charge in [-0.2, -0.15) is 0 Å². The van der Waals surface area contributed by atoms with Gasteiger partial charge in [0, 0.05) is 11.5 Å². The molecular formula is C16H15Cl2N7O5S4. The van der Waals surface area contributed by atoms with Crippen molar-refractivity contribution in [2.45, 2.75) is 15.8 Å². The Balaban J connectivity index is 0.00000324. The van der Waals surface area contributed by atoms with Crippen LogP contribution in [0.3, 0.4) is 0 Å². The Labute approximate surface area is 219 Å². The number of aromatic nitrogens is 3. The van der Waals surface area contributed by atoms with E-state index in [9.17, 15) is 19.5 Å². The highest BCUT2D eigenvalue weighted by atomic mass is 35.5. The summed E-state index contributed by atoms with van der Waals surface area (Å²) in [5, 5.41) is 23.2. The minimum Gasteiger partial charge on any atom is -0.477 e. The van der Waals surface area contributed by atoms with E-state index in [1.807, 2.05) is 0 Å². The third-order valence-electron chi connectivity index (χ3n) is 4.47. The number of nitrogen functional groups attached to an aromatic ring is 1. The molecule has 0 radical (unpaired) electrons. The summed E-state index contributed by atoms with van der Waals surface area (Å²) >= 11 is 11.1. The van der Waals surface area contributed by atoms with Crippen LogP contribution in [0.5, 0.6) is 0 Å². The lowest BCUT2D eigenvalue weighted by Crippen LogP contribution is -2.71. The van der Waals surface area contributed by atoms with Crippen LogP contribution in [0.25, 0.3) is 0 Å². The molecule has 0 bridgehead atoms. The molecule has 2 aromatic heterocycles. The van der Waals surface area contributed by atoms with E-state index in [-0.39, 0.29) is 39.0 Å². The van der Waals surface area contributed by atoms with Crippen molar-refractivity contribution in [1.82, 2.24) is 25.4 Å². The summed E-state index contributed by atoms with van der Waals surface area (Å²) in [6.45, 7) is 0. The Hall–Kier alpha value is -2.11. The van der Waals surface area contributed by atoms with Crippen molar-refractivity contribution in [3.05, 3.63) is 26.8 Å².